The largest absolute Gasteiger partial charge is 0.384 e. The zero-order chi connectivity index (χ0) is 12.4. The van der Waals surface area contributed by atoms with Gasteiger partial charge >= 0.3 is 0 Å². The minimum Gasteiger partial charge on any atom is -0.384 e. The smallest absolute Gasteiger partial charge is 0.104 e. The average Bonchev–Trinajstić information content (AvgIpc) is 2.33. The minimum atomic E-state index is -0.680. The quantitative estimate of drug-likeness (QED) is 0.835. The highest BCUT2D eigenvalue weighted by atomic mass is 79.9. The Hall–Kier alpha value is -0.540. The molecule has 0 aliphatic rings. The maximum atomic E-state index is 10.2. The predicted octanol–water partition coefficient (Wildman–Crippen LogP) is 4.84. The van der Waals surface area contributed by atoms with Gasteiger partial charge in [-0.05, 0) is 51.3 Å². The molecule has 0 bridgehead atoms. The van der Waals surface area contributed by atoms with Crippen molar-refractivity contribution in [1.29, 1.82) is 0 Å². The Bertz CT molecular complexity index is 525. The Morgan fingerprint density at radius 1 is 0.941 bits per heavy atom. The number of hydrogen-bond acceptors (Lipinski definition) is 1. The Morgan fingerprint density at radius 3 is 2.12 bits per heavy atom. The Labute approximate surface area is 118 Å². The van der Waals surface area contributed by atoms with Gasteiger partial charge in [0.05, 0.1) is 5.02 Å². The van der Waals surface area contributed by atoms with Crippen LogP contribution < -0.4 is 0 Å². The first-order chi connectivity index (χ1) is 8.08. The molecule has 2 aromatic rings. The molecule has 0 amide bonds. The van der Waals surface area contributed by atoms with Gasteiger partial charge in [-0.15, -0.1) is 0 Å². The molecule has 0 heterocycles. The van der Waals surface area contributed by atoms with Gasteiger partial charge in [0, 0.05) is 9.50 Å². The van der Waals surface area contributed by atoms with Crippen LogP contribution in [0.15, 0.2) is 46.9 Å². The summed E-state index contributed by atoms with van der Waals surface area (Å²) in [5.41, 5.74) is 1.58. The van der Waals surface area contributed by atoms with Gasteiger partial charge in [0.15, 0.2) is 0 Å². The van der Waals surface area contributed by atoms with E-state index in [-0.39, 0.29) is 0 Å². The van der Waals surface area contributed by atoms with E-state index in [0.29, 0.717) is 10.0 Å². The molecule has 4 heteroatoms. The number of halogens is 3. The van der Waals surface area contributed by atoms with Crippen molar-refractivity contribution >= 4 is 39.1 Å². The van der Waals surface area contributed by atoms with Crippen LogP contribution in [-0.4, -0.2) is 5.11 Å². The first kappa shape index (κ1) is 12.9. The van der Waals surface area contributed by atoms with E-state index in [1.54, 1.807) is 36.4 Å². The van der Waals surface area contributed by atoms with Crippen LogP contribution in [0.5, 0.6) is 0 Å². The monoisotopic (exact) mass is 330 g/mol. The molecule has 0 spiro atoms. The first-order valence-electron chi connectivity index (χ1n) is 4.96. The molecular weight excluding hydrogens is 323 g/mol. The maximum Gasteiger partial charge on any atom is 0.104 e. The van der Waals surface area contributed by atoms with E-state index in [2.05, 4.69) is 15.9 Å². The molecule has 88 valence electrons. The fraction of sp³-hybridized carbons (Fsp3) is 0.0769. The number of benzene rings is 2. The van der Waals surface area contributed by atoms with E-state index >= 15 is 0 Å². The average molecular weight is 332 g/mol. The molecule has 0 fully saturated rings. The maximum absolute atomic E-state index is 10.2. The van der Waals surface area contributed by atoms with Gasteiger partial charge in [-0.25, -0.2) is 0 Å². The van der Waals surface area contributed by atoms with Gasteiger partial charge in [0.25, 0.3) is 0 Å². The topological polar surface area (TPSA) is 20.2 Å². The van der Waals surface area contributed by atoms with Crippen molar-refractivity contribution in [3.8, 4) is 0 Å². The van der Waals surface area contributed by atoms with Crippen molar-refractivity contribution in [3.63, 3.8) is 0 Å². The van der Waals surface area contributed by atoms with Crippen LogP contribution in [0.2, 0.25) is 10.0 Å². The highest BCUT2D eigenvalue weighted by Crippen LogP contribution is 2.29. The number of aliphatic hydroxyl groups excluding tert-OH is 1. The van der Waals surface area contributed by atoms with Gasteiger partial charge in [-0.1, -0.05) is 41.4 Å². The standard InChI is InChI=1S/C13H9BrCl2O/c14-11-7-9(3-6-12(11)16)13(17)8-1-4-10(15)5-2-8/h1-7,13,17H. The molecule has 0 radical (unpaired) electrons. The van der Waals surface area contributed by atoms with Crippen LogP contribution in [0.4, 0.5) is 0 Å². The highest BCUT2D eigenvalue weighted by Gasteiger charge is 2.11. The van der Waals surface area contributed by atoms with E-state index in [0.717, 1.165) is 15.6 Å². The van der Waals surface area contributed by atoms with Crippen LogP contribution in [0.3, 0.4) is 0 Å². The molecule has 0 aliphatic carbocycles. The molecule has 0 aliphatic heterocycles. The minimum absolute atomic E-state index is 0.622. The van der Waals surface area contributed by atoms with Gasteiger partial charge < -0.3 is 5.11 Å². The molecular formula is C13H9BrCl2O. The Kier molecular flexibility index (Phi) is 4.10. The van der Waals surface area contributed by atoms with Gasteiger partial charge in [0.2, 0.25) is 0 Å². The Balaban J connectivity index is 2.33. The summed E-state index contributed by atoms with van der Waals surface area (Å²) in [5.74, 6) is 0. The van der Waals surface area contributed by atoms with Gasteiger partial charge in [-0.2, -0.15) is 0 Å². The summed E-state index contributed by atoms with van der Waals surface area (Å²) in [6, 6.07) is 12.5. The molecule has 1 unspecified atom stereocenters. The SMILES string of the molecule is OC(c1ccc(Cl)cc1)c1ccc(Cl)c(Br)c1. The van der Waals surface area contributed by atoms with Crippen molar-refractivity contribution in [2.24, 2.45) is 0 Å². The number of rotatable bonds is 2. The molecule has 2 rings (SSSR count). The van der Waals surface area contributed by atoms with Crippen molar-refractivity contribution < 1.29 is 5.11 Å². The fourth-order valence-corrected chi connectivity index (χ4v) is 2.16. The van der Waals surface area contributed by atoms with Crippen LogP contribution in [0.1, 0.15) is 17.2 Å². The second-order valence-electron chi connectivity index (χ2n) is 3.63. The normalized spacial score (nSPS) is 12.5. The second-order valence-corrected chi connectivity index (χ2v) is 5.33. The van der Waals surface area contributed by atoms with Crippen molar-refractivity contribution in [2.45, 2.75) is 6.10 Å². The zero-order valence-electron chi connectivity index (χ0n) is 8.70. The van der Waals surface area contributed by atoms with E-state index < -0.39 is 6.10 Å². The van der Waals surface area contributed by atoms with Gasteiger partial charge in [0.1, 0.15) is 6.10 Å². The number of hydrogen-bond donors (Lipinski definition) is 1. The highest BCUT2D eigenvalue weighted by molar-refractivity contribution is 9.10. The van der Waals surface area contributed by atoms with E-state index in [4.69, 9.17) is 23.2 Å². The summed E-state index contributed by atoms with van der Waals surface area (Å²) >= 11 is 15.0. The lowest BCUT2D eigenvalue weighted by Gasteiger charge is -2.12. The molecule has 0 aromatic heterocycles. The van der Waals surface area contributed by atoms with Crippen LogP contribution in [0.25, 0.3) is 0 Å². The summed E-state index contributed by atoms with van der Waals surface area (Å²) in [5, 5.41) is 11.5. The molecule has 0 saturated heterocycles. The van der Waals surface area contributed by atoms with Crippen molar-refractivity contribution in [3.05, 3.63) is 68.1 Å². The lowest BCUT2D eigenvalue weighted by molar-refractivity contribution is 0.220. The summed E-state index contributed by atoms with van der Waals surface area (Å²) in [6.45, 7) is 0. The van der Waals surface area contributed by atoms with Crippen LogP contribution >= 0.6 is 39.1 Å². The summed E-state index contributed by atoms with van der Waals surface area (Å²) in [4.78, 5) is 0. The first-order valence-corrected chi connectivity index (χ1v) is 6.51. The molecule has 0 saturated carbocycles. The third-order valence-corrected chi connectivity index (χ3v) is 3.91. The third-order valence-electron chi connectivity index (χ3n) is 2.45. The molecule has 1 nitrogen and oxygen atoms in total. The molecule has 1 N–H and O–H groups in total. The van der Waals surface area contributed by atoms with E-state index in [1.165, 1.54) is 0 Å². The Morgan fingerprint density at radius 2 is 1.53 bits per heavy atom. The van der Waals surface area contributed by atoms with Crippen molar-refractivity contribution in [1.82, 2.24) is 0 Å². The lowest BCUT2D eigenvalue weighted by Crippen LogP contribution is -1.99. The van der Waals surface area contributed by atoms with Crippen LogP contribution in [-0.2, 0) is 0 Å². The molecule has 1 atom stereocenters. The van der Waals surface area contributed by atoms with E-state index in [1.807, 2.05) is 6.07 Å². The van der Waals surface area contributed by atoms with E-state index in [9.17, 15) is 5.11 Å². The van der Waals surface area contributed by atoms with Crippen LogP contribution in [0, 0.1) is 0 Å². The second kappa shape index (κ2) is 5.40. The summed E-state index contributed by atoms with van der Waals surface area (Å²) < 4.78 is 0.768. The predicted molar refractivity (Wildman–Crippen MR) is 74.7 cm³/mol. The molecule has 2 aromatic carbocycles. The fourth-order valence-electron chi connectivity index (χ4n) is 1.52. The third kappa shape index (κ3) is 3.02. The summed E-state index contributed by atoms with van der Waals surface area (Å²) in [7, 11) is 0. The van der Waals surface area contributed by atoms with Crippen molar-refractivity contribution in [2.75, 3.05) is 0 Å². The summed E-state index contributed by atoms with van der Waals surface area (Å²) in [6.07, 6.45) is -0.680. The number of aliphatic hydroxyl groups is 1. The molecule has 17 heavy (non-hydrogen) atoms. The zero-order valence-corrected chi connectivity index (χ0v) is 11.8. The van der Waals surface area contributed by atoms with Gasteiger partial charge in [-0.3, -0.25) is 0 Å². The lowest BCUT2D eigenvalue weighted by atomic mass is 10.0.